The Hall–Kier alpha value is -2.89. The molecule has 1 fully saturated rings. The standard InChI is InChI=1S/C23H28N4O2/c1-22(2,3)17-8-12-23(13-9-17)25-19-7-5-4-6-18(19)21(29)27(23)26-20(28)16-10-14-24-15-11-16/h4-7,10-11,14-15,17,25H,8-9,12-13H2,1-3H3,(H,26,28). The molecular formula is C23H28N4O2. The summed E-state index contributed by atoms with van der Waals surface area (Å²) >= 11 is 0. The number of pyridine rings is 1. The zero-order valence-corrected chi connectivity index (χ0v) is 17.2. The molecule has 0 bridgehead atoms. The van der Waals surface area contributed by atoms with Crippen molar-refractivity contribution >= 4 is 17.5 Å². The molecule has 6 nitrogen and oxygen atoms in total. The van der Waals surface area contributed by atoms with Crippen molar-refractivity contribution in [2.75, 3.05) is 5.32 Å². The summed E-state index contributed by atoms with van der Waals surface area (Å²) in [6.45, 7) is 6.81. The fourth-order valence-corrected chi connectivity index (χ4v) is 4.54. The van der Waals surface area contributed by atoms with Crippen molar-refractivity contribution < 1.29 is 9.59 Å². The average molecular weight is 393 g/mol. The van der Waals surface area contributed by atoms with Crippen LogP contribution in [0, 0.1) is 11.3 Å². The van der Waals surface area contributed by atoms with Crippen molar-refractivity contribution in [1.82, 2.24) is 15.4 Å². The number of hydrazine groups is 1. The molecule has 2 heterocycles. The molecule has 29 heavy (non-hydrogen) atoms. The van der Waals surface area contributed by atoms with Gasteiger partial charge in [-0.2, -0.15) is 0 Å². The third-order valence-electron chi connectivity index (χ3n) is 6.35. The molecule has 2 aliphatic rings. The number of hydrogen-bond acceptors (Lipinski definition) is 4. The van der Waals surface area contributed by atoms with E-state index in [1.165, 1.54) is 5.01 Å². The van der Waals surface area contributed by atoms with Crippen LogP contribution in [0.3, 0.4) is 0 Å². The van der Waals surface area contributed by atoms with Crippen molar-refractivity contribution in [1.29, 1.82) is 0 Å². The van der Waals surface area contributed by atoms with Gasteiger partial charge in [-0.25, -0.2) is 5.01 Å². The third kappa shape index (κ3) is 3.59. The van der Waals surface area contributed by atoms with Crippen LogP contribution in [0.4, 0.5) is 5.69 Å². The maximum Gasteiger partial charge on any atom is 0.276 e. The number of aromatic nitrogens is 1. The number of rotatable bonds is 2. The topological polar surface area (TPSA) is 74.3 Å². The molecule has 1 aromatic heterocycles. The minimum absolute atomic E-state index is 0.170. The van der Waals surface area contributed by atoms with Gasteiger partial charge in [0.25, 0.3) is 11.8 Å². The smallest absolute Gasteiger partial charge is 0.276 e. The van der Waals surface area contributed by atoms with Gasteiger partial charge in [0.15, 0.2) is 0 Å². The van der Waals surface area contributed by atoms with Gasteiger partial charge in [0.1, 0.15) is 5.66 Å². The van der Waals surface area contributed by atoms with E-state index in [-0.39, 0.29) is 17.2 Å². The minimum Gasteiger partial charge on any atom is -0.361 e. The summed E-state index contributed by atoms with van der Waals surface area (Å²) in [6, 6.07) is 10.8. The molecule has 2 aromatic rings. The molecule has 152 valence electrons. The van der Waals surface area contributed by atoms with Crippen LogP contribution in [0.2, 0.25) is 0 Å². The van der Waals surface area contributed by atoms with Crippen molar-refractivity contribution in [2.24, 2.45) is 11.3 Å². The summed E-state index contributed by atoms with van der Waals surface area (Å²) in [5.41, 5.74) is 4.39. The molecule has 2 amide bonds. The van der Waals surface area contributed by atoms with Crippen LogP contribution in [-0.2, 0) is 0 Å². The lowest BCUT2D eigenvalue weighted by atomic mass is 9.69. The number of carbonyl (C=O) groups is 2. The molecular weight excluding hydrogens is 364 g/mol. The number of fused-ring (bicyclic) bond motifs is 1. The zero-order valence-electron chi connectivity index (χ0n) is 17.2. The fraction of sp³-hybridized carbons (Fsp3) is 0.435. The fourth-order valence-electron chi connectivity index (χ4n) is 4.54. The lowest BCUT2D eigenvalue weighted by molar-refractivity contribution is 0.00208. The van der Waals surface area contributed by atoms with E-state index in [0.29, 0.717) is 17.0 Å². The lowest BCUT2D eigenvalue weighted by Crippen LogP contribution is -2.67. The largest absolute Gasteiger partial charge is 0.361 e. The summed E-state index contributed by atoms with van der Waals surface area (Å²) in [5, 5.41) is 5.14. The van der Waals surface area contributed by atoms with Crippen LogP contribution in [-0.4, -0.2) is 27.5 Å². The van der Waals surface area contributed by atoms with Crippen LogP contribution < -0.4 is 10.7 Å². The van der Waals surface area contributed by atoms with E-state index < -0.39 is 5.66 Å². The summed E-state index contributed by atoms with van der Waals surface area (Å²) in [7, 11) is 0. The molecule has 1 saturated carbocycles. The van der Waals surface area contributed by atoms with Gasteiger partial charge >= 0.3 is 0 Å². The normalized spacial score (nSPS) is 24.0. The molecule has 0 radical (unpaired) electrons. The van der Waals surface area contributed by atoms with Crippen molar-refractivity contribution in [3.63, 3.8) is 0 Å². The Bertz CT molecular complexity index is 912. The van der Waals surface area contributed by atoms with E-state index in [1.54, 1.807) is 30.6 Å². The second kappa shape index (κ2) is 7.17. The number of nitrogens with one attached hydrogen (secondary N) is 2. The van der Waals surface area contributed by atoms with Crippen LogP contribution in [0.15, 0.2) is 48.8 Å². The predicted molar refractivity (Wildman–Crippen MR) is 112 cm³/mol. The van der Waals surface area contributed by atoms with E-state index in [0.717, 1.165) is 31.4 Å². The Kier molecular flexibility index (Phi) is 4.81. The minimum atomic E-state index is -0.615. The molecule has 2 N–H and O–H groups in total. The summed E-state index contributed by atoms with van der Waals surface area (Å²) in [4.78, 5) is 30.2. The number of hydrogen-bond donors (Lipinski definition) is 2. The van der Waals surface area contributed by atoms with E-state index in [1.807, 2.05) is 18.2 Å². The van der Waals surface area contributed by atoms with Crippen LogP contribution >= 0.6 is 0 Å². The highest BCUT2D eigenvalue weighted by Gasteiger charge is 2.49. The van der Waals surface area contributed by atoms with Gasteiger partial charge in [0.05, 0.1) is 5.56 Å². The predicted octanol–water partition coefficient (Wildman–Crippen LogP) is 4.23. The first kappa shape index (κ1) is 19.4. The van der Waals surface area contributed by atoms with Crippen molar-refractivity contribution in [3.8, 4) is 0 Å². The van der Waals surface area contributed by atoms with Gasteiger partial charge in [-0.3, -0.25) is 20.0 Å². The molecule has 1 aliphatic heterocycles. The Balaban J connectivity index is 1.66. The number of carbonyl (C=O) groups excluding carboxylic acids is 2. The molecule has 1 aromatic carbocycles. The number of benzene rings is 1. The first-order chi connectivity index (χ1) is 13.8. The highest BCUT2D eigenvalue weighted by atomic mass is 16.2. The number of nitrogens with zero attached hydrogens (tertiary/aromatic N) is 2. The van der Waals surface area contributed by atoms with E-state index in [2.05, 4.69) is 36.5 Å². The Morgan fingerprint density at radius 3 is 2.45 bits per heavy atom. The van der Waals surface area contributed by atoms with Gasteiger partial charge < -0.3 is 5.32 Å². The molecule has 1 aliphatic carbocycles. The summed E-state index contributed by atoms with van der Waals surface area (Å²) < 4.78 is 0. The van der Waals surface area contributed by atoms with E-state index >= 15 is 0 Å². The van der Waals surface area contributed by atoms with Gasteiger partial charge in [0.2, 0.25) is 0 Å². The third-order valence-corrected chi connectivity index (χ3v) is 6.35. The van der Waals surface area contributed by atoms with Gasteiger partial charge in [-0.15, -0.1) is 0 Å². The van der Waals surface area contributed by atoms with E-state index in [4.69, 9.17) is 0 Å². The Labute approximate surface area is 171 Å². The Morgan fingerprint density at radius 2 is 1.79 bits per heavy atom. The van der Waals surface area contributed by atoms with Gasteiger partial charge in [-0.1, -0.05) is 32.9 Å². The monoisotopic (exact) mass is 392 g/mol. The molecule has 0 unspecified atom stereocenters. The van der Waals surface area contributed by atoms with Crippen LogP contribution in [0.25, 0.3) is 0 Å². The number of anilines is 1. The number of amides is 2. The molecule has 6 heteroatoms. The van der Waals surface area contributed by atoms with Crippen molar-refractivity contribution in [2.45, 2.75) is 52.1 Å². The summed E-state index contributed by atoms with van der Waals surface area (Å²) in [5.74, 6) is 0.107. The highest BCUT2D eigenvalue weighted by Crippen LogP contribution is 2.45. The first-order valence-electron chi connectivity index (χ1n) is 10.2. The quantitative estimate of drug-likeness (QED) is 0.802. The molecule has 0 saturated heterocycles. The maximum atomic E-state index is 13.4. The highest BCUT2D eigenvalue weighted by molar-refractivity contribution is 6.04. The molecule has 1 spiro atoms. The molecule has 4 rings (SSSR count). The van der Waals surface area contributed by atoms with Gasteiger partial charge in [0, 0.05) is 23.6 Å². The van der Waals surface area contributed by atoms with Crippen LogP contribution in [0.1, 0.15) is 67.2 Å². The SMILES string of the molecule is CC(C)(C)C1CCC2(CC1)Nc1ccccc1C(=O)N2NC(=O)c1ccncc1. The average Bonchev–Trinajstić information content (AvgIpc) is 2.71. The Morgan fingerprint density at radius 1 is 1.14 bits per heavy atom. The first-order valence-corrected chi connectivity index (χ1v) is 10.2. The van der Waals surface area contributed by atoms with Gasteiger partial charge in [-0.05, 0) is 61.3 Å². The van der Waals surface area contributed by atoms with Crippen LogP contribution in [0.5, 0.6) is 0 Å². The van der Waals surface area contributed by atoms with E-state index in [9.17, 15) is 9.59 Å². The van der Waals surface area contributed by atoms with Crippen molar-refractivity contribution in [3.05, 3.63) is 59.9 Å². The second-order valence-corrected chi connectivity index (χ2v) is 9.16. The second-order valence-electron chi connectivity index (χ2n) is 9.16. The summed E-state index contributed by atoms with van der Waals surface area (Å²) in [6.07, 6.45) is 6.70. The lowest BCUT2D eigenvalue weighted by Gasteiger charge is -2.52. The maximum absolute atomic E-state index is 13.4. The zero-order chi connectivity index (χ0) is 20.6. The number of para-hydroxylation sites is 1. The molecule has 0 atom stereocenters.